The number of furan rings is 1. The molecule has 0 unspecified atom stereocenters. The molecule has 0 atom stereocenters. The third-order valence-corrected chi connectivity index (χ3v) is 3.82. The number of rotatable bonds is 6. The number of ether oxygens (including phenoxy) is 1. The van der Waals surface area contributed by atoms with Gasteiger partial charge in [-0.2, -0.15) is 5.10 Å². The zero-order chi connectivity index (χ0) is 17.5. The first-order valence-corrected chi connectivity index (χ1v) is 8.35. The molecule has 0 spiro atoms. The van der Waals surface area contributed by atoms with E-state index in [-0.39, 0.29) is 5.91 Å². The second-order valence-electron chi connectivity index (χ2n) is 5.13. The molecule has 0 radical (unpaired) electrons. The van der Waals surface area contributed by atoms with Crippen molar-refractivity contribution in [3.63, 3.8) is 0 Å². The Bertz CT molecular complexity index is 862. The summed E-state index contributed by atoms with van der Waals surface area (Å²) in [4.78, 5) is 12.4. The summed E-state index contributed by atoms with van der Waals surface area (Å²) in [6.07, 6.45) is 2.97. The number of carbonyl (C=O) groups excluding carboxylic acids is 1. The molecule has 2 aromatic carbocycles. The molecule has 0 fully saturated rings. The van der Waals surface area contributed by atoms with Crippen LogP contribution in [0.1, 0.15) is 21.7 Å². The van der Waals surface area contributed by atoms with E-state index in [0.717, 1.165) is 10.0 Å². The first-order chi connectivity index (χ1) is 12.2. The van der Waals surface area contributed by atoms with Gasteiger partial charge in [-0.15, -0.1) is 0 Å². The largest absolute Gasteiger partial charge is 0.488 e. The van der Waals surface area contributed by atoms with Gasteiger partial charge in [-0.3, -0.25) is 4.79 Å². The van der Waals surface area contributed by atoms with Gasteiger partial charge in [-0.25, -0.2) is 5.43 Å². The Morgan fingerprint density at radius 2 is 2.00 bits per heavy atom. The van der Waals surface area contributed by atoms with Crippen molar-refractivity contribution in [3.8, 4) is 5.75 Å². The quantitative estimate of drug-likeness (QED) is 0.494. The van der Waals surface area contributed by atoms with Crippen LogP contribution in [-0.4, -0.2) is 12.1 Å². The second-order valence-corrected chi connectivity index (χ2v) is 6.04. The number of hydrazone groups is 1. The van der Waals surface area contributed by atoms with Crippen LogP contribution in [0, 0.1) is 0 Å². The van der Waals surface area contributed by atoms with Crippen molar-refractivity contribution in [2.75, 3.05) is 0 Å². The average molecular weight is 399 g/mol. The Hall–Kier alpha value is -2.86. The first-order valence-electron chi connectivity index (χ1n) is 7.55. The fourth-order valence-corrected chi connectivity index (χ4v) is 2.46. The predicted molar refractivity (Wildman–Crippen MR) is 98.7 cm³/mol. The van der Waals surface area contributed by atoms with E-state index in [1.54, 1.807) is 30.3 Å². The number of hydrogen-bond acceptors (Lipinski definition) is 4. The molecule has 126 valence electrons. The fraction of sp³-hybridized carbons (Fsp3) is 0.0526. The normalized spacial score (nSPS) is 10.8. The molecule has 3 rings (SSSR count). The molecular weight excluding hydrogens is 384 g/mol. The Kier molecular flexibility index (Phi) is 5.64. The summed E-state index contributed by atoms with van der Waals surface area (Å²) in [6.45, 7) is 0.368. The summed E-state index contributed by atoms with van der Waals surface area (Å²) in [5, 5.41) is 3.89. The van der Waals surface area contributed by atoms with Gasteiger partial charge in [0.2, 0.25) is 0 Å². The van der Waals surface area contributed by atoms with E-state index in [9.17, 15) is 4.79 Å². The topological polar surface area (TPSA) is 63.8 Å². The molecule has 6 heteroatoms. The molecule has 25 heavy (non-hydrogen) atoms. The Morgan fingerprint density at radius 1 is 1.16 bits per heavy atom. The smallest absolute Gasteiger partial charge is 0.275 e. The van der Waals surface area contributed by atoms with Crippen LogP contribution in [-0.2, 0) is 6.61 Å². The van der Waals surface area contributed by atoms with Crippen molar-refractivity contribution in [1.29, 1.82) is 0 Å². The van der Waals surface area contributed by atoms with Crippen molar-refractivity contribution < 1.29 is 13.9 Å². The van der Waals surface area contributed by atoms with Crippen LogP contribution in [0.4, 0.5) is 0 Å². The van der Waals surface area contributed by atoms with E-state index < -0.39 is 0 Å². The third kappa shape index (κ3) is 4.81. The minimum atomic E-state index is -0.363. The lowest BCUT2D eigenvalue weighted by Crippen LogP contribution is -2.18. The molecule has 1 N–H and O–H groups in total. The zero-order valence-electron chi connectivity index (χ0n) is 13.2. The second kappa shape index (κ2) is 8.30. The minimum Gasteiger partial charge on any atom is -0.488 e. The van der Waals surface area contributed by atoms with Crippen LogP contribution < -0.4 is 10.2 Å². The molecule has 1 aromatic heterocycles. The zero-order valence-corrected chi connectivity index (χ0v) is 14.8. The van der Waals surface area contributed by atoms with Gasteiger partial charge in [0, 0.05) is 4.47 Å². The maximum absolute atomic E-state index is 12.4. The van der Waals surface area contributed by atoms with Gasteiger partial charge in [0.25, 0.3) is 5.91 Å². The maximum atomic E-state index is 12.4. The lowest BCUT2D eigenvalue weighted by Gasteiger charge is -2.11. The SMILES string of the molecule is O=C(N/N=C\c1ccco1)c1ccc(Br)cc1OCc1ccccc1. The molecule has 3 aromatic rings. The van der Waals surface area contributed by atoms with E-state index in [0.29, 0.717) is 23.7 Å². The van der Waals surface area contributed by atoms with E-state index in [4.69, 9.17) is 9.15 Å². The van der Waals surface area contributed by atoms with Crippen molar-refractivity contribution in [2.24, 2.45) is 5.10 Å². The highest BCUT2D eigenvalue weighted by Gasteiger charge is 2.13. The van der Waals surface area contributed by atoms with Gasteiger partial charge in [0.1, 0.15) is 18.1 Å². The van der Waals surface area contributed by atoms with E-state index in [1.165, 1.54) is 12.5 Å². The van der Waals surface area contributed by atoms with Gasteiger partial charge >= 0.3 is 0 Å². The molecule has 0 bridgehead atoms. The highest BCUT2D eigenvalue weighted by atomic mass is 79.9. The molecular formula is C19H15BrN2O3. The minimum absolute atomic E-state index is 0.363. The average Bonchev–Trinajstić information content (AvgIpc) is 3.14. The summed E-state index contributed by atoms with van der Waals surface area (Å²) in [7, 11) is 0. The Balaban J connectivity index is 1.70. The van der Waals surface area contributed by atoms with E-state index in [2.05, 4.69) is 26.5 Å². The Morgan fingerprint density at radius 3 is 2.76 bits per heavy atom. The summed E-state index contributed by atoms with van der Waals surface area (Å²) >= 11 is 3.40. The lowest BCUT2D eigenvalue weighted by atomic mass is 10.2. The number of benzene rings is 2. The summed E-state index contributed by atoms with van der Waals surface area (Å²) < 4.78 is 11.8. The highest BCUT2D eigenvalue weighted by molar-refractivity contribution is 9.10. The molecule has 0 saturated carbocycles. The van der Waals surface area contributed by atoms with Gasteiger partial charge < -0.3 is 9.15 Å². The molecule has 0 aliphatic heterocycles. The van der Waals surface area contributed by atoms with Gasteiger partial charge in [0.15, 0.2) is 0 Å². The summed E-state index contributed by atoms with van der Waals surface area (Å²) in [5.74, 6) is 0.666. The maximum Gasteiger partial charge on any atom is 0.275 e. The monoisotopic (exact) mass is 398 g/mol. The van der Waals surface area contributed by atoms with Gasteiger partial charge in [-0.1, -0.05) is 46.3 Å². The third-order valence-electron chi connectivity index (χ3n) is 3.33. The number of halogens is 1. The number of carbonyl (C=O) groups is 1. The van der Waals surface area contributed by atoms with Crippen LogP contribution in [0.3, 0.4) is 0 Å². The fourth-order valence-electron chi connectivity index (χ4n) is 2.12. The highest BCUT2D eigenvalue weighted by Crippen LogP contribution is 2.24. The standard InChI is InChI=1S/C19H15BrN2O3/c20-15-8-9-17(19(23)22-21-12-16-7-4-10-24-16)18(11-15)25-13-14-5-2-1-3-6-14/h1-12H,13H2,(H,22,23)/b21-12-. The number of amides is 1. The van der Waals surface area contributed by atoms with Gasteiger partial charge in [-0.05, 0) is 35.9 Å². The summed E-state index contributed by atoms with van der Waals surface area (Å²) in [6, 6.07) is 18.5. The van der Waals surface area contributed by atoms with E-state index in [1.807, 2.05) is 30.3 Å². The van der Waals surface area contributed by atoms with Crippen LogP contribution >= 0.6 is 15.9 Å². The molecule has 0 aliphatic carbocycles. The number of nitrogens with one attached hydrogen (secondary N) is 1. The predicted octanol–water partition coefficient (Wildman–Crippen LogP) is 4.39. The lowest BCUT2D eigenvalue weighted by molar-refractivity contribution is 0.0950. The number of nitrogens with zero attached hydrogens (tertiary/aromatic N) is 1. The van der Waals surface area contributed by atoms with Gasteiger partial charge in [0.05, 0.1) is 18.0 Å². The van der Waals surface area contributed by atoms with Crippen LogP contribution in [0.5, 0.6) is 5.75 Å². The van der Waals surface area contributed by atoms with Crippen LogP contribution in [0.15, 0.2) is 80.9 Å². The summed E-state index contributed by atoms with van der Waals surface area (Å²) in [5.41, 5.74) is 3.89. The molecule has 5 nitrogen and oxygen atoms in total. The van der Waals surface area contributed by atoms with Crippen LogP contribution in [0.2, 0.25) is 0 Å². The molecule has 1 amide bonds. The van der Waals surface area contributed by atoms with Crippen molar-refractivity contribution >= 4 is 28.1 Å². The van der Waals surface area contributed by atoms with E-state index >= 15 is 0 Å². The van der Waals surface area contributed by atoms with Crippen LogP contribution in [0.25, 0.3) is 0 Å². The van der Waals surface area contributed by atoms with Crippen molar-refractivity contribution in [2.45, 2.75) is 6.61 Å². The van der Waals surface area contributed by atoms with Crippen molar-refractivity contribution in [1.82, 2.24) is 5.43 Å². The molecule has 0 saturated heterocycles. The number of hydrogen-bond donors (Lipinski definition) is 1. The molecule has 1 heterocycles. The molecule has 0 aliphatic rings. The van der Waals surface area contributed by atoms with Crippen molar-refractivity contribution in [3.05, 3.63) is 88.3 Å². The Labute approximate surface area is 153 Å². The first kappa shape index (κ1) is 17.0.